The van der Waals surface area contributed by atoms with Gasteiger partial charge in [0.15, 0.2) is 5.11 Å². The fraction of sp³-hybridized carbons (Fsp3) is 0.278. The summed E-state index contributed by atoms with van der Waals surface area (Å²) in [6, 6.07) is 13.7. The molecule has 0 aliphatic carbocycles. The smallest absolute Gasteiger partial charge is 0.175 e. The van der Waals surface area contributed by atoms with Crippen molar-refractivity contribution in [3.05, 3.63) is 48.0 Å². The Balaban J connectivity index is 2.17. The molecule has 5 heteroatoms. The average Bonchev–Trinajstić information content (AvgIpc) is 2.55. The zero-order valence-corrected chi connectivity index (χ0v) is 14.7. The molecular weight excluding hydrogens is 308 g/mol. The first-order valence-electron chi connectivity index (χ1n) is 7.44. The monoisotopic (exact) mass is 330 g/mol. The SMILES string of the molecule is COc1ccc(OC)c(NC(=S)Nc2ccccc2C(C)C)c1. The zero-order valence-electron chi connectivity index (χ0n) is 13.8. The quantitative estimate of drug-likeness (QED) is 0.782. The number of rotatable bonds is 5. The Labute approximate surface area is 142 Å². The molecule has 4 nitrogen and oxygen atoms in total. The second kappa shape index (κ2) is 7.83. The van der Waals surface area contributed by atoms with Gasteiger partial charge < -0.3 is 20.1 Å². The number of hydrogen-bond acceptors (Lipinski definition) is 3. The van der Waals surface area contributed by atoms with Crippen LogP contribution in [0.3, 0.4) is 0 Å². The molecule has 2 rings (SSSR count). The molecular formula is C18H22N2O2S. The molecule has 0 aromatic heterocycles. The normalized spacial score (nSPS) is 10.3. The molecule has 0 fully saturated rings. The lowest BCUT2D eigenvalue weighted by Crippen LogP contribution is -2.20. The van der Waals surface area contributed by atoms with Crippen molar-refractivity contribution < 1.29 is 9.47 Å². The number of thiocarbonyl (C=S) groups is 1. The van der Waals surface area contributed by atoms with Crippen molar-refractivity contribution in [2.75, 3.05) is 24.9 Å². The summed E-state index contributed by atoms with van der Waals surface area (Å²) in [4.78, 5) is 0. The lowest BCUT2D eigenvalue weighted by molar-refractivity contribution is 0.405. The number of benzene rings is 2. The van der Waals surface area contributed by atoms with E-state index in [2.05, 4.69) is 30.5 Å². The summed E-state index contributed by atoms with van der Waals surface area (Å²) in [6.45, 7) is 4.31. The Morgan fingerprint density at radius 2 is 1.65 bits per heavy atom. The maximum Gasteiger partial charge on any atom is 0.175 e. The molecule has 0 atom stereocenters. The zero-order chi connectivity index (χ0) is 16.8. The first-order valence-corrected chi connectivity index (χ1v) is 7.85. The highest BCUT2D eigenvalue weighted by molar-refractivity contribution is 7.80. The predicted octanol–water partition coefficient (Wildman–Crippen LogP) is 4.64. The highest BCUT2D eigenvalue weighted by Gasteiger charge is 2.10. The fourth-order valence-electron chi connectivity index (χ4n) is 2.30. The topological polar surface area (TPSA) is 42.5 Å². The van der Waals surface area contributed by atoms with Gasteiger partial charge in [-0.1, -0.05) is 32.0 Å². The molecule has 0 spiro atoms. The Bertz CT molecular complexity index is 686. The van der Waals surface area contributed by atoms with E-state index in [1.165, 1.54) is 5.56 Å². The van der Waals surface area contributed by atoms with E-state index in [1.54, 1.807) is 14.2 Å². The van der Waals surface area contributed by atoms with Gasteiger partial charge in [0.1, 0.15) is 11.5 Å². The van der Waals surface area contributed by atoms with Gasteiger partial charge in [-0.05, 0) is 41.9 Å². The van der Waals surface area contributed by atoms with Crippen molar-refractivity contribution in [2.24, 2.45) is 0 Å². The number of methoxy groups -OCH3 is 2. The van der Waals surface area contributed by atoms with Gasteiger partial charge in [0.2, 0.25) is 0 Å². The minimum absolute atomic E-state index is 0.410. The standard InChI is InChI=1S/C18H22N2O2S/c1-12(2)14-7-5-6-8-15(14)19-18(23)20-16-11-13(21-3)9-10-17(16)22-4/h5-12H,1-4H3,(H2,19,20,23). The second-order valence-electron chi connectivity index (χ2n) is 5.39. The highest BCUT2D eigenvalue weighted by Crippen LogP contribution is 2.29. The highest BCUT2D eigenvalue weighted by atomic mass is 32.1. The third-order valence-electron chi connectivity index (χ3n) is 3.49. The molecule has 23 heavy (non-hydrogen) atoms. The summed E-state index contributed by atoms with van der Waals surface area (Å²) in [5, 5.41) is 6.92. The number of ether oxygens (including phenoxy) is 2. The van der Waals surface area contributed by atoms with Gasteiger partial charge in [0.25, 0.3) is 0 Å². The fourth-order valence-corrected chi connectivity index (χ4v) is 2.52. The van der Waals surface area contributed by atoms with Crippen LogP contribution in [-0.4, -0.2) is 19.3 Å². The first-order chi connectivity index (χ1) is 11.0. The molecule has 0 heterocycles. The van der Waals surface area contributed by atoms with Crippen molar-refractivity contribution in [1.82, 2.24) is 0 Å². The molecule has 0 saturated heterocycles. The van der Waals surface area contributed by atoms with Crippen LogP contribution in [0.1, 0.15) is 25.3 Å². The number of anilines is 2. The molecule has 0 unspecified atom stereocenters. The first kappa shape index (κ1) is 17.1. The van der Waals surface area contributed by atoms with E-state index in [0.29, 0.717) is 16.8 Å². The molecule has 2 N–H and O–H groups in total. The summed E-state index contributed by atoms with van der Waals surface area (Å²) < 4.78 is 10.6. The Morgan fingerprint density at radius 1 is 0.957 bits per heavy atom. The Kier molecular flexibility index (Phi) is 5.82. The second-order valence-corrected chi connectivity index (χ2v) is 5.80. The van der Waals surface area contributed by atoms with Crippen LogP contribution in [0, 0.1) is 0 Å². The molecule has 0 radical (unpaired) electrons. The summed E-state index contributed by atoms with van der Waals surface area (Å²) in [5.74, 6) is 1.85. The van der Waals surface area contributed by atoms with Gasteiger partial charge in [-0.3, -0.25) is 0 Å². The number of hydrogen-bond donors (Lipinski definition) is 2. The number of nitrogens with one attached hydrogen (secondary N) is 2. The lowest BCUT2D eigenvalue weighted by Gasteiger charge is -2.17. The van der Waals surface area contributed by atoms with Crippen LogP contribution < -0.4 is 20.1 Å². The molecule has 2 aromatic carbocycles. The van der Waals surface area contributed by atoms with Gasteiger partial charge in [0, 0.05) is 11.8 Å². The van der Waals surface area contributed by atoms with Gasteiger partial charge >= 0.3 is 0 Å². The van der Waals surface area contributed by atoms with Crippen molar-refractivity contribution in [1.29, 1.82) is 0 Å². The molecule has 0 aliphatic rings. The Hall–Kier alpha value is -2.27. The minimum atomic E-state index is 0.410. The van der Waals surface area contributed by atoms with Crippen molar-refractivity contribution in [2.45, 2.75) is 19.8 Å². The summed E-state index contributed by atoms with van der Waals surface area (Å²) in [5.41, 5.74) is 2.97. The predicted molar refractivity (Wildman–Crippen MR) is 99.9 cm³/mol. The number of para-hydroxylation sites is 1. The average molecular weight is 330 g/mol. The van der Waals surface area contributed by atoms with Gasteiger partial charge in [-0.25, -0.2) is 0 Å². The van der Waals surface area contributed by atoms with E-state index in [9.17, 15) is 0 Å². The van der Waals surface area contributed by atoms with E-state index in [4.69, 9.17) is 21.7 Å². The van der Waals surface area contributed by atoms with E-state index in [1.807, 2.05) is 36.4 Å². The van der Waals surface area contributed by atoms with Crippen LogP contribution in [0.2, 0.25) is 0 Å². The van der Waals surface area contributed by atoms with Crippen molar-refractivity contribution in [3.63, 3.8) is 0 Å². The van der Waals surface area contributed by atoms with Gasteiger partial charge in [-0.2, -0.15) is 0 Å². The van der Waals surface area contributed by atoms with E-state index in [-0.39, 0.29) is 0 Å². The van der Waals surface area contributed by atoms with Crippen LogP contribution in [0.4, 0.5) is 11.4 Å². The largest absolute Gasteiger partial charge is 0.497 e. The maximum atomic E-state index is 5.43. The summed E-state index contributed by atoms with van der Waals surface area (Å²) >= 11 is 5.43. The molecule has 0 amide bonds. The van der Waals surface area contributed by atoms with Crippen molar-refractivity contribution in [3.8, 4) is 11.5 Å². The maximum absolute atomic E-state index is 5.43. The van der Waals surface area contributed by atoms with Crippen LogP contribution in [-0.2, 0) is 0 Å². The molecule has 122 valence electrons. The molecule has 0 saturated carbocycles. The summed E-state index contributed by atoms with van der Waals surface area (Å²) in [6.07, 6.45) is 0. The van der Waals surface area contributed by atoms with E-state index in [0.717, 1.165) is 17.1 Å². The minimum Gasteiger partial charge on any atom is -0.497 e. The van der Waals surface area contributed by atoms with Crippen LogP contribution in [0.25, 0.3) is 0 Å². The summed E-state index contributed by atoms with van der Waals surface area (Å²) in [7, 11) is 3.25. The van der Waals surface area contributed by atoms with Gasteiger partial charge in [0.05, 0.1) is 19.9 Å². The Morgan fingerprint density at radius 3 is 2.30 bits per heavy atom. The molecule has 0 aliphatic heterocycles. The molecule has 0 bridgehead atoms. The van der Waals surface area contributed by atoms with E-state index < -0.39 is 0 Å². The van der Waals surface area contributed by atoms with E-state index >= 15 is 0 Å². The van der Waals surface area contributed by atoms with Crippen LogP contribution >= 0.6 is 12.2 Å². The van der Waals surface area contributed by atoms with Gasteiger partial charge in [-0.15, -0.1) is 0 Å². The lowest BCUT2D eigenvalue weighted by atomic mass is 10.0. The molecule has 2 aromatic rings. The third kappa shape index (κ3) is 4.36. The van der Waals surface area contributed by atoms with Crippen LogP contribution in [0.15, 0.2) is 42.5 Å². The van der Waals surface area contributed by atoms with Crippen LogP contribution in [0.5, 0.6) is 11.5 Å². The third-order valence-corrected chi connectivity index (χ3v) is 3.69. The van der Waals surface area contributed by atoms with Crippen molar-refractivity contribution >= 4 is 28.7 Å².